The quantitative estimate of drug-likeness (QED) is 0.550. The molecule has 8 nitrogen and oxygen atoms in total. The summed E-state index contributed by atoms with van der Waals surface area (Å²) in [7, 11) is 0. The Kier molecular flexibility index (Phi) is 6.61. The van der Waals surface area contributed by atoms with E-state index in [1.807, 2.05) is 36.4 Å². The van der Waals surface area contributed by atoms with Crippen LogP contribution in [0.5, 0.6) is 0 Å². The Hall–Kier alpha value is -3.39. The summed E-state index contributed by atoms with van der Waals surface area (Å²) in [5, 5.41) is 14.7. The SMILES string of the molecule is CC(C)(CCNC(=O)C1(NC(=O)OCC2c3ccccc3-c3ccccc32)CCOC1)C(=O)O. The summed E-state index contributed by atoms with van der Waals surface area (Å²) < 4.78 is 11.0. The fourth-order valence-electron chi connectivity index (χ4n) is 4.49. The topological polar surface area (TPSA) is 114 Å². The minimum atomic E-state index is -1.24. The number of amides is 2. The average Bonchev–Trinajstić information content (AvgIpc) is 3.41. The van der Waals surface area contributed by atoms with Crippen molar-refractivity contribution in [3.05, 3.63) is 59.7 Å². The van der Waals surface area contributed by atoms with Gasteiger partial charge in [0.05, 0.1) is 12.0 Å². The summed E-state index contributed by atoms with van der Waals surface area (Å²) in [6.07, 6.45) is -0.116. The molecule has 1 heterocycles. The number of carbonyl (C=O) groups is 3. The van der Waals surface area contributed by atoms with Gasteiger partial charge in [-0.25, -0.2) is 4.79 Å². The third-order valence-electron chi connectivity index (χ3n) is 6.76. The van der Waals surface area contributed by atoms with Gasteiger partial charge in [-0.2, -0.15) is 0 Å². The average molecular weight is 467 g/mol. The van der Waals surface area contributed by atoms with E-state index < -0.39 is 28.9 Å². The van der Waals surface area contributed by atoms with Gasteiger partial charge in [0.15, 0.2) is 0 Å². The molecule has 34 heavy (non-hydrogen) atoms. The van der Waals surface area contributed by atoms with Gasteiger partial charge in [-0.15, -0.1) is 0 Å². The number of ether oxygens (including phenoxy) is 2. The highest BCUT2D eigenvalue weighted by Gasteiger charge is 2.44. The van der Waals surface area contributed by atoms with E-state index in [0.29, 0.717) is 13.0 Å². The van der Waals surface area contributed by atoms with Gasteiger partial charge in [-0.05, 0) is 42.5 Å². The minimum Gasteiger partial charge on any atom is -0.481 e. The lowest BCUT2D eigenvalue weighted by molar-refractivity contribution is -0.147. The lowest BCUT2D eigenvalue weighted by atomic mass is 9.89. The zero-order valence-electron chi connectivity index (χ0n) is 19.4. The van der Waals surface area contributed by atoms with Crippen molar-refractivity contribution in [3.8, 4) is 11.1 Å². The van der Waals surface area contributed by atoms with Crippen molar-refractivity contribution in [1.29, 1.82) is 0 Å². The van der Waals surface area contributed by atoms with Crippen molar-refractivity contribution in [1.82, 2.24) is 10.6 Å². The van der Waals surface area contributed by atoms with Crippen LogP contribution >= 0.6 is 0 Å². The number of alkyl carbamates (subject to hydrolysis) is 1. The summed E-state index contributed by atoms with van der Waals surface area (Å²) in [5.74, 6) is -1.42. The molecule has 1 unspecified atom stereocenters. The highest BCUT2D eigenvalue weighted by Crippen LogP contribution is 2.44. The van der Waals surface area contributed by atoms with E-state index in [1.165, 1.54) is 0 Å². The molecule has 0 radical (unpaired) electrons. The van der Waals surface area contributed by atoms with Crippen LogP contribution in [-0.4, -0.2) is 55.0 Å². The molecular weight excluding hydrogens is 436 g/mol. The van der Waals surface area contributed by atoms with E-state index in [0.717, 1.165) is 22.3 Å². The van der Waals surface area contributed by atoms with Gasteiger partial charge in [-0.1, -0.05) is 48.5 Å². The van der Waals surface area contributed by atoms with Gasteiger partial charge in [0.2, 0.25) is 5.91 Å². The number of rotatable bonds is 8. The highest BCUT2D eigenvalue weighted by atomic mass is 16.6. The molecule has 0 saturated carbocycles. The Bertz CT molecular complexity index is 1040. The molecule has 0 aromatic heterocycles. The first-order valence-corrected chi connectivity index (χ1v) is 11.5. The third kappa shape index (κ3) is 4.63. The van der Waals surface area contributed by atoms with E-state index in [9.17, 15) is 19.5 Å². The van der Waals surface area contributed by atoms with Gasteiger partial charge >= 0.3 is 12.1 Å². The lowest BCUT2D eigenvalue weighted by Crippen LogP contribution is -2.59. The molecular formula is C26H30N2O6. The maximum atomic E-state index is 12.9. The molecule has 1 aliphatic carbocycles. The Morgan fingerprint density at radius 1 is 1.09 bits per heavy atom. The standard InChI is InChI=1S/C26H30N2O6/c1-25(2,23(30)31)11-13-27-22(29)26(12-14-33-16-26)28-24(32)34-15-21-19-9-5-3-7-17(19)18-8-4-6-10-20(18)21/h3-10,21H,11-16H2,1-2H3,(H,27,29)(H,28,32)(H,30,31). The first kappa shape index (κ1) is 23.8. The highest BCUT2D eigenvalue weighted by molar-refractivity contribution is 5.90. The second-order valence-electron chi connectivity index (χ2n) is 9.53. The molecule has 180 valence electrons. The van der Waals surface area contributed by atoms with Crippen molar-refractivity contribution < 1.29 is 29.0 Å². The zero-order valence-corrected chi connectivity index (χ0v) is 19.4. The Morgan fingerprint density at radius 2 is 1.71 bits per heavy atom. The second-order valence-corrected chi connectivity index (χ2v) is 9.53. The van der Waals surface area contributed by atoms with Crippen LogP contribution in [0.3, 0.4) is 0 Å². The largest absolute Gasteiger partial charge is 0.481 e. The summed E-state index contributed by atoms with van der Waals surface area (Å²) in [6.45, 7) is 3.89. The van der Waals surface area contributed by atoms with Crippen molar-refractivity contribution in [2.45, 2.75) is 38.1 Å². The molecule has 2 aromatic carbocycles. The predicted octanol–water partition coefficient (Wildman–Crippen LogP) is 3.30. The number of aliphatic carboxylic acids is 1. The molecule has 2 aromatic rings. The van der Waals surface area contributed by atoms with Gasteiger partial charge in [-0.3, -0.25) is 9.59 Å². The van der Waals surface area contributed by atoms with Crippen molar-refractivity contribution in [2.24, 2.45) is 5.41 Å². The van der Waals surface area contributed by atoms with Crippen LogP contribution in [-0.2, 0) is 19.1 Å². The van der Waals surface area contributed by atoms with Crippen LogP contribution in [0.25, 0.3) is 11.1 Å². The van der Waals surface area contributed by atoms with Gasteiger partial charge < -0.3 is 25.2 Å². The van der Waals surface area contributed by atoms with Crippen molar-refractivity contribution >= 4 is 18.0 Å². The van der Waals surface area contributed by atoms with E-state index in [1.54, 1.807) is 13.8 Å². The fraction of sp³-hybridized carbons (Fsp3) is 0.423. The summed E-state index contributed by atoms with van der Waals surface area (Å²) >= 11 is 0. The molecule has 1 aliphatic heterocycles. The lowest BCUT2D eigenvalue weighted by Gasteiger charge is -2.28. The van der Waals surface area contributed by atoms with Crippen molar-refractivity contribution in [3.63, 3.8) is 0 Å². The second kappa shape index (κ2) is 9.46. The number of carbonyl (C=O) groups excluding carboxylic acids is 2. The zero-order chi connectivity index (χ0) is 24.3. The minimum absolute atomic E-state index is 0.0331. The molecule has 1 saturated heterocycles. The predicted molar refractivity (Wildman–Crippen MR) is 125 cm³/mol. The van der Waals surface area contributed by atoms with Crippen LogP contribution in [0, 0.1) is 5.41 Å². The summed E-state index contributed by atoms with van der Waals surface area (Å²) in [4.78, 5) is 37.0. The number of hydrogen-bond acceptors (Lipinski definition) is 5. The molecule has 8 heteroatoms. The van der Waals surface area contributed by atoms with Gasteiger partial charge in [0, 0.05) is 25.5 Å². The molecule has 1 fully saturated rings. The first-order valence-electron chi connectivity index (χ1n) is 11.5. The van der Waals surface area contributed by atoms with Crippen LogP contribution in [0.15, 0.2) is 48.5 Å². The van der Waals surface area contributed by atoms with E-state index in [2.05, 4.69) is 22.8 Å². The molecule has 4 rings (SSSR count). The molecule has 2 aliphatic rings. The Morgan fingerprint density at radius 3 is 2.26 bits per heavy atom. The number of benzene rings is 2. The summed E-state index contributed by atoms with van der Waals surface area (Å²) in [5.41, 5.74) is 2.28. The van der Waals surface area contributed by atoms with E-state index in [-0.39, 0.29) is 32.1 Å². The van der Waals surface area contributed by atoms with Gasteiger partial charge in [0.1, 0.15) is 12.1 Å². The molecule has 0 spiro atoms. The maximum absolute atomic E-state index is 12.9. The van der Waals surface area contributed by atoms with E-state index in [4.69, 9.17) is 9.47 Å². The number of carboxylic acid groups (broad SMARTS) is 1. The van der Waals surface area contributed by atoms with Crippen LogP contribution < -0.4 is 10.6 Å². The Labute approximate surface area is 198 Å². The number of hydrogen-bond donors (Lipinski definition) is 3. The molecule has 3 N–H and O–H groups in total. The third-order valence-corrected chi connectivity index (χ3v) is 6.76. The van der Waals surface area contributed by atoms with Crippen LogP contribution in [0.1, 0.15) is 43.7 Å². The Balaban J connectivity index is 1.38. The summed E-state index contributed by atoms with van der Waals surface area (Å²) in [6, 6.07) is 16.1. The fourth-order valence-corrected chi connectivity index (χ4v) is 4.49. The van der Waals surface area contributed by atoms with E-state index >= 15 is 0 Å². The molecule has 1 atom stereocenters. The number of carboxylic acids is 1. The maximum Gasteiger partial charge on any atom is 0.408 e. The smallest absolute Gasteiger partial charge is 0.408 e. The molecule has 2 amide bonds. The normalized spacial score (nSPS) is 19.2. The van der Waals surface area contributed by atoms with Crippen LogP contribution in [0.2, 0.25) is 0 Å². The van der Waals surface area contributed by atoms with Crippen LogP contribution in [0.4, 0.5) is 4.79 Å². The van der Waals surface area contributed by atoms with Crippen molar-refractivity contribution in [2.75, 3.05) is 26.4 Å². The monoisotopic (exact) mass is 466 g/mol. The number of fused-ring (bicyclic) bond motifs is 3. The first-order chi connectivity index (χ1) is 16.2. The van der Waals surface area contributed by atoms with Gasteiger partial charge in [0.25, 0.3) is 0 Å². The molecule has 0 bridgehead atoms. The number of nitrogens with one attached hydrogen (secondary N) is 2.